The molecule has 2 rings (SSSR count). The predicted octanol–water partition coefficient (Wildman–Crippen LogP) is 2.80. The normalized spacial score (nSPS) is 10.5. The molecular formula is C16H18BrN3O3S. The molecule has 0 saturated carbocycles. The van der Waals surface area contributed by atoms with Crippen molar-refractivity contribution in [1.29, 1.82) is 0 Å². The van der Waals surface area contributed by atoms with Crippen molar-refractivity contribution in [2.45, 2.75) is 26.2 Å². The molecule has 0 radical (unpaired) electrons. The Morgan fingerprint density at radius 3 is 2.50 bits per heavy atom. The Labute approximate surface area is 152 Å². The average Bonchev–Trinajstić information content (AvgIpc) is 3.01. The van der Waals surface area contributed by atoms with Gasteiger partial charge in [0, 0.05) is 15.8 Å². The topological polar surface area (TPSA) is 80.3 Å². The molecule has 0 unspecified atom stereocenters. The number of thiazole rings is 1. The molecule has 2 N–H and O–H groups in total. The first-order valence-electron chi connectivity index (χ1n) is 7.34. The molecular weight excluding hydrogens is 394 g/mol. The third kappa shape index (κ3) is 5.93. The zero-order valence-corrected chi connectivity index (χ0v) is 15.7. The number of halogens is 1. The van der Waals surface area contributed by atoms with Gasteiger partial charge in [0.1, 0.15) is 5.75 Å². The Bertz CT molecular complexity index is 701. The van der Waals surface area contributed by atoms with Crippen LogP contribution in [-0.2, 0) is 16.0 Å². The number of carbonyl (C=O) groups is 2. The van der Waals surface area contributed by atoms with Gasteiger partial charge >= 0.3 is 0 Å². The second-order valence-electron chi connectivity index (χ2n) is 5.35. The Hall–Kier alpha value is -1.93. The highest BCUT2D eigenvalue weighted by Crippen LogP contribution is 2.19. The molecule has 0 aliphatic rings. The summed E-state index contributed by atoms with van der Waals surface area (Å²) >= 11 is 4.84. The van der Waals surface area contributed by atoms with Crippen LogP contribution in [0.1, 0.15) is 30.5 Å². The molecule has 0 bridgehead atoms. The molecule has 0 atom stereocenters. The SMILES string of the molecule is CC(C)c1nc(CC(=O)NNC(=O)COc2ccc(Br)cc2)cs1. The smallest absolute Gasteiger partial charge is 0.276 e. The largest absolute Gasteiger partial charge is 0.484 e. The molecule has 1 aromatic carbocycles. The van der Waals surface area contributed by atoms with Crippen molar-refractivity contribution in [2.24, 2.45) is 0 Å². The summed E-state index contributed by atoms with van der Waals surface area (Å²) in [5, 5.41) is 2.85. The lowest BCUT2D eigenvalue weighted by Crippen LogP contribution is -2.44. The highest BCUT2D eigenvalue weighted by molar-refractivity contribution is 9.10. The number of ether oxygens (including phenoxy) is 1. The second kappa shape index (κ2) is 8.79. The zero-order chi connectivity index (χ0) is 17.5. The summed E-state index contributed by atoms with van der Waals surface area (Å²) in [5.74, 6) is 0.144. The van der Waals surface area contributed by atoms with E-state index >= 15 is 0 Å². The first-order chi connectivity index (χ1) is 11.4. The number of rotatable bonds is 6. The number of carbonyl (C=O) groups excluding carboxylic acids is 2. The summed E-state index contributed by atoms with van der Waals surface area (Å²) < 4.78 is 6.23. The number of hydrogen-bond acceptors (Lipinski definition) is 5. The summed E-state index contributed by atoms with van der Waals surface area (Å²) in [6, 6.07) is 7.11. The Balaban J connectivity index is 1.70. The Kier molecular flexibility index (Phi) is 6.74. The molecule has 8 heteroatoms. The van der Waals surface area contributed by atoms with Crippen LogP contribution >= 0.6 is 27.3 Å². The fourth-order valence-corrected chi connectivity index (χ4v) is 2.83. The minimum atomic E-state index is -0.438. The highest BCUT2D eigenvalue weighted by Gasteiger charge is 2.11. The first kappa shape index (κ1) is 18.4. The molecule has 128 valence electrons. The fourth-order valence-electron chi connectivity index (χ4n) is 1.73. The van der Waals surface area contributed by atoms with Crippen LogP contribution in [0.2, 0.25) is 0 Å². The van der Waals surface area contributed by atoms with Crippen LogP contribution in [0.5, 0.6) is 5.75 Å². The number of amides is 2. The minimum absolute atomic E-state index is 0.122. The van der Waals surface area contributed by atoms with Crippen molar-refractivity contribution in [3.8, 4) is 5.75 Å². The van der Waals surface area contributed by atoms with Crippen LogP contribution in [0.25, 0.3) is 0 Å². The molecule has 0 fully saturated rings. The van der Waals surface area contributed by atoms with Crippen molar-refractivity contribution < 1.29 is 14.3 Å². The van der Waals surface area contributed by atoms with Gasteiger partial charge in [0.25, 0.3) is 5.91 Å². The summed E-state index contributed by atoms with van der Waals surface area (Å²) in [4.78, 5) is 27.8. The van der Waals surface area contributed by atoms with E-state index in [1.54, 1.807) is 12.1 Å². The maximum Gasteiger partial charge on any atom is 0.276 e. The van der Waals surface area contributed by atoms with Crippen LogP contribution in [0.3, 0.4) is 0 Å². The van der Waals surface area contributed by atoms with Crippen LogP contribution in [0.15, 0.2) is 34.1 Å². The molecule has 0 saturated heterocycles. The van der Waals surface area contributed by atoms with E-state index in [1.165, 1.54) is 11.3 Å². The molecule has 0 aliphatic heterocycles. The van der Waals surface area contributed by atoms with E-state index in [-0.39, 0.29) is 18.9 Å². The van der Waals surface area contributed by atoms with Crippen molar-refractivity contribution in [3.63, 3.8) is 0 Å². The van der Waals surface area contributed by atoms with Gasteiger partial charge in [0.15, 0.2) is 6.61 Å². The van der Waals surface area contributed by atoms with E-state index < -0.39 is 5.91 Å². The van der Waals surface area contributed by atoms with E-state index in [0.29, 0.717) is 17.4 Å². The van der Waals surface area contributed by atoms with Gasteiger partial charge in [0.2, 0.25) is 5.91 Å². The molecule has 1 heterocycles. The monoisotopic (exact) mass is 411 g/mol. The number of nitrogens with one attached hydrogen (secondary N) is 2. The highest BCUT2D eigenvalue weighted by atomic mass is 79.9. The number of aromatic nitrogens is 1. The predicted molar refractivity (Wildman–Crippen MR) is 95.8 cm³/mol. The van der Waals surface area contributed by atoms with Gasteiger partial charge < -0.3 is 4.74 Å². The third-order valence-electron chi connectivity index (χ3n) is 2.93. The van der Waals surface area contributed by atoms with Crippen LogP contribution < -0.4 is 15.6 Å². The maximum absolute atomic E-state index is 11.8. The first-order valence-corrected chi connectivity index (χ1v) is 9.01. The van der Waals surface area contributed by atoms with E-state index in [2.05, 4.69) is 31.8 Å². The van der Waals surface area contributed by atoms with E-state index in [4.69, 9.17) is 4.74 Å². The summed E-state index contributed by atoms with van der Waals surface area (Å²) in [7, 11) is 0. The van der Waals surface area contributed by atoms with Gasteiger partial charge in [-0.2, -0.15) is 0 Å². The lowest BCUT2D eigenvalue weighted by molar-refractivity contribution is -0.129. The number of nitrogens with zero attached hydrogens (tertiary/aromatic N) is 1. The van der Waals surface area contributed by atoms with Crippen LogP contribution in [-0.4, -0.2) is 23.4 Å². The van der Waals surface area contributed by atoms with Crippen molar-refractivity contribution in [3.05, 3.63) is 44.8 Å². The Morgan fingerprint density at radius 1 is 1.21 bits per heavy atom. The van der Waals surface area contributed by atoms with Crippen molar-refractivity contribution >= 4 is 39.1 Å². The van der Waals surface area contributed by atoms with Gasteiger partial charge in [-0.25, -0.2) is 4.98 Å². The van der Waals surface area contributed by atoms with Gasteiger partial charge in [-0.05, 0) is 24.3 Å². The van der Waals surface area contributed by atoms with Gasteiger partial charge in [-0.15, -0.1) is 11.3 Å². The third-order valence-corrected chi connectivity index (χ3v) is 4.65. The zero-order valence-electron chi connectivity index (χ0n) is 13.3. The number of benzene rings is 1. The van der Waals surface area contributed by atoms with Crippen LogP contribution in [0, 0.1) is 0 Å². The Morgan fingerprint density at radius 2 is 1.88 bits per heavy atom. The molecule has 6 nitrogen and oxygen atoms in total. The van der Waals surface area contributed by atoms with E-state index in [0.717, 1.165) is 9.48 Å². The van der Waals surface area contributed by atoms with Crippen LogP contribution in [0.4, 0.5) is 0 Å². The number of hydrazine groups is 1. The molecule has 2 amide bonds. The maximum atomic E-state index is 11.8. The van der Waals surface area contributed by atoms with E-state index in [9.17, 15) is 9.59 Å². The molecule has 0 aliphatic carbocycles. The summed E-state index contributed by atoms with van der Waals surface area (Å²) in [6.45, 7) is 3.92. The van der Waals surface area contributed by atoms with Gasteiger partial charge in [-0.1, -0.05) is 29.8 Å². The van der Waals surface area contributed by atoms with Crippen molar-refractivity contribution in [1.82, 2.24) is 15.8 Å². The quantitative estimate of drug-likeness (QED) is 0.716. The van der Waals surface area contributed by atoms with Crippen molar-refractivity contribution in [2.75, 3.05) is 6.61 Å². The lowest BCUT2D eigenvalue weighted by atomic mass is 10.2. The summed E-state index contributed by atoms with van der Waals surface area (Å²) in [6.07, 6.45) is 0.122. The average molecular weight is 412 g/mol. The number of hydrogen-bond donors (Lipinski definition) is 2. The molecule has 1 aromatic heterocycles. The van der Waals surface area contributed by atoms with E-state index in [1.807, 2.05) is 31.4 Å². The second-order valence-corrected chi connectivity index (χ2v) is 7.15. The fraction of sp³-hybridized carbons (Fsp3) is 0.312. The summed E-state index contributed by atoms with van der Waals surface area (Å²) in [5.41, 5.74) is 5.37. The van der Waals surface area contributed by atoms with Gasteiger partial charge in [-0.3, -0.25) is 20.4 Å². The molecule has 2 aromatic rings. The minimum Gasteiger partial charge on any atom is -0.484 e. The van der Waals surface area contributed by atoms with Gasteiger partial charge in [0.05, 0.1) is 17.1 Å². The molecule has 24 heavy (non-hydrogen) atoms. The standard InChI is InChI=1S/C16H18BrN3O3S/c1-10(2)16-18-12(9-24-16)7-14(21)19-20-15(22)8-23-13-5-3-11(17)4-6-13/h3-6,9-10H,7-8H2,1-2H3,(H,19,21)(H,20,22). The molecule has 0 spiro atoms. The lowest BCUT2D eigenvalue weighted by Gasteiger charge is -2.08.